The van der Waals surface area contributed by atoms with Gasteiger partial charge in [-0.05, 0) is 32.3 Å². The third-order valence-corrected chi connectivity index (χ3v) is 5.53. The molecule has 2 aliphatic carbocycles. The molecule has 1 spiro atoms. The number of rotatable bonds is 6. The predicted octanol–water partition coefficient (Wildman–Crippen LogP) is 1.87. The van der Waals surface area contributed by atoms with Crippen LogP contribution in [0.4, 0.5) is 4.79 Å². The van der Waals surface area contributed by atoms with Gasteiger partial charge in [-0.2, -0.15) is 0 Å². The summed E-state index contributed by atoms with van der Waals surface area (Å²) in [6, 6.07) is 1.63. The van der Waals surface area contributed by atoms with Crippen LogP contribution in [0.5, 0.6) is 0 Å². The zero-order valence-electron chi connectivity index (χ0n) is 14.2. The summed E-state index contributed by atoms with van der Waals surface area (Å²) in [6.45, 7) is 2.96. The van der Waals surface area contributed by atoms with E-state index in [0.717, 1.165) is 25.9 Å². The van der Waals surface area contributed by atoms with Crippen LogP contribution in [0.3, 0.4) is 0 Å². The lowest BCUT2D eigenvalue weighted by Gasteiger charge is -2.63. The molecule has 0 aromatic carbocycles. The van der Waals surface area contributed by atoms with Crippen LogP contribution >= 0.6 is 0 Å². The van der Waals surface area contributed by atoms with E-state index in [9.17, 15) is 9.59 Å². The molecule has 2 unspecified atom stereocenters. The molecule has 2 fully saturated rings. The van der Waals surface area contributed by atoms with E-state index in [1.807, 2.05) is 14.0 Å². The molecule has 2 saturated carbocycles. The Bertz CT molecular complexity index is 623. The number of carbonyl (C=O) groups is 2. The number of nitrogens with zero attached hydrogens (tertiary/aromatic N) is 1. The molecule has 0 radical (unpaired) electrons. The van der Waals surface area contributed by atoms with Crippen molar-refractivity contribution in [1.29, 1.82) is 0 Å². The van der Waals surface area contributed by atoms with E-state index in [0.29, 0.717) is 11.3 Å². The van der Waals surface area contributed by atoms with Gasteiger partial charge in [-0.3, -0.25) is 4.79 Å². The molecule has 1 aromatic heterocycles. The molecular weight excluding hydrogens is 310 g/mol. The number of nitrogens with two attached hydrogens (primary N) is 1. The van der Waals surface area contributed by atoms with Crippen LogP contribution in [0.1, 0.15) is 48.7 Å². The Morgan fingerprint density at radius 3 is 2.79 bits per heavy atom. The van der Waals surface area contributed by atoms with E-state index in [1.54, 1.807) is 11.0 Å². The molecule has 7 nitrogen and oxygen atoms in total. The highest BCUT2D eigenvalue weighted by molar-refractivity contribution is 5.92. The molecule has 132 valence electrons. The topological polar surface area (TPSA) is 97.8 Å². The molecule has 3 amide bonds. The summed E-state index contributed by atoms with van der Waals surface area (Å²) in [5, 5.41) is 2.83. The van der Waals surface area contributed by atoms with Gasteiger partial charge in [0.05, 0.1) is 18.2 Å². The fourth-order valence-electron chi connectivity index (χ4n) is 3.98. The molecule has 0 saturated heterocycles. The molecule has 24 heavy (non-hydrogen) atoms. The third-order valence-electron chi connectivity index (χ3n) is 5.53. The highest BCUT2D eigenvalue weighted by Crippen LogP contribution is 2.58. The largest absolute Gasteiger partial charge is 0.467 e. The van der Waals surface area contributed by atoms with Gasteiger partial charge in [0.1, 0.15) is 12.0 Å². The number of primary amides is 1. The minimum atomic E-state index is -0.545. The monoisotopic (exact) mass is 335 g/mol. The summed E-state index contributed by atoms with van der Waals surface area (Å²) < 4.78 is 11.1. The SMILES string of the molecule is CCOC1CC(N(C)C(=O)NCc2cc(C(N)=O)co2)C12CCC2. The number of furan rings is 1. The molecule has 1 heterocycles. The highest BCUT2D eigenvalue weighted by atomic mass is 16.5. The van der Waals surface area contributed by atoms with Crippen molar-refractivity contribution in [3.8, 4) is 0 Å². The number of amides is 3. The Kier molecular flexibility index (Phi) is 4.54. The lowest BCUT2D eigenvalue weighted by molar-refractivity contribution is -0.191. The van der Waals surface area contributed by atoms with E-state index in [-0.39, 0.29) is 30.1 Å². The Labute approximate surface area is 141 Å². The van der Waals surface area contributed by atoms with Crippen LogP contribution in [0.15, 0.2) is 16.7 Å². The Morgan fingerprint density at radius 1 is 1.50 bits per heavy atom. The third kappa shape index (κ3) is 2.77. The van der Waals surface area contributed by atoms with Gasteiger partial charge in [-0.1, -0.05) is 6.42 Å². The molecule has 7 heteroatoms. The quantitative estimate of drug-likeness (QED) is 0.829. The molecule has 3 N–H and O–H groups in total. The number of carbonyl (C=O) groups excluding carboxylic acids is 2. The van der Waals surface area contributed by atoms with Crippen molar-refractivity contribution in [3.63, 3.8) is 0 Å². The maximum atomic E-state index is 12.4. The smallest absolute Gasteiger partial charge is 0.317 e. The Hall–Kier alpha value is -2.02. The van der Waals surface area contributed by atoms with E-state index < -0.39 is 5.91 Å². The van der Waals surface area contributed by atoms with Gasteiger partial charge in [0, 0.05) is 25.1 Å². The van der Waals surface area contributed by atoms with E-state index >= 15 is 0 Å². The lowest BCUT2D eigenvalue weighted by atomic mass is 9.50. The number of hydrogen-bond donors (Lipinski definition) is 2. The lowest BCUT2D eigenvalue weighted by Crippen LogP contribution is -2.68. The Morgan fingerprint density at radius 2 is 2.25 bits per heavy atom. The van der Waals surface area contributed by atoms with Crippen molar-refractivity contribution < 1.29 is 18.7 Å². The summed E-state index contributed by atoms with van der Waals surface area (Å²) in [4.78, 5) is 25.3. The molecule has 3 rings (SSSR count). The van der Waals surface area contributed by atoms with Gasteiger partial charge in [-0.15, -0.1) is 0 Å². The molecule has 1 aromatic rings. The summed E-state index contributed by atoms with van der Waals surface area (Å²) >= 11 is 0. The Balaban J connectivity index is 1.54. The second kappa shape index (κ2) is 6.47. The second-order valence-corrected chi connectivity index (χ2v) is 6.72. The average Bonchev–Trinajstić information content (AvgIpc) is 2.95. The van der Waals surface area contributed by atoms with Crippen LogP contribution in [-0.2, 0) is 11.3 Å². The first kappa shape index (κ1) is 16.8. The maximum Gasteiger partial charge on any atom is 0.317 e. The number of ether oxygens (including phenoxy) is 1. The minimum absolute atomic E-state index is 0.141. The second-order valence-electron chi connectivity index (χ2n) is 6.72. The minimum Gasteiger partial charge on any atom is -0.467 e. The van der Waals surface area contributed by atoms with Gasteiger partial charge < -0.3 is 25.1 Å². The van der Waals surface area contributed by atoms with Crippen LogP contribution in [0, 0.1) is 5.41 Å². The first-order valence-corrected chi connectivity index (χ1v) is 8.47. The zero-order chi connectivity index (χ0) is 17.3. The van der Waals surface area contributed by atoms with Crippen molar-refractivity contribution in [2.45, 2.75) is 51.3 Å². The van der Waals surface area contributed by atoms with Gasteiger partial charge in [-0.25, -0.2) is 4.79 Å². The summed E-state index contributed by atoms with van der Waals surface area (Å²) in [5.41, 5.74) is 5.63. The van der Waals surface area contributed by atoms with Gasteiger partial charge in [0.2, 0.25) is 0 Å². The van der Waals surface area contributed by atoms with Gasteiger partial charge >= 0.3 is 6.03 Å². The summed E-state index contributed by atoms with van der Waals surface area (Å²) in [5.74, 6) is -0.0403. The molecule has 0 bridgehead atoms. The molecule has 2 aliphatic rings. The normalized spacial score (nSPS) is 24.1. The fraction of sp³-hybridized carbons (Fsp3) is 0.647. The average molecular weight is 335 g/mol. The van der Waals surface area contributed by atoms with E-state index in [4.69, 9.17) is 14.9 Å². The molecule has 0 aliphatic heterocycles. The molecule has 2 atom stereocenters. The van der Waals surface area contributed by atoms with Crippen molar-refractivity contribution in [2.24, 2.45) is 11.1 Å². The fourth-order valence-corrected chi connectivity index (χ4v) is 3.98. The van der Waals surface area contributed by atoms with Crippen LogP contribution < -0.4 is 11.1 Å². The van der Waals surface area contributed by atoms with Crippen LogP contribution in [-0.4, -0.2) is 42.6 Å². The van der Waals surface area contributed by atoms with Crippen molar-refractivity contribution in [1.82, 2.24) is 10.2 Å². The van der Waals surface area contributed by atoms with Crippen molar-refractivity contribution >= 4 is 11.9 Å². The molecular formula is C17H25N3O4. The standard InChI is InChI=1S/C17H25N3O4/c1-3-23-14-8-13(17(14)5-4-6-17)20(2)16(22)19-9-12-7-11(10-24-12)15(18)21/h7,10,13-14H,3-6,8-9H2,1-2H3,(H2,18,21)(H,19,22). The van der Waals surface area contributed by atoms with E-state index in [2.05, 4.69) is 5.32 Å². The van der Waals surface area contributed by atoms with Crippen LogP contribution in [0.25, 0.3) is 0 Å². The number of urea groups is 1. The first-order valence-electron chi connectivity index (χ1n) is 8.47. The van der Waals surface area contributed by atoms with Crippen molar-refractivity contribution in [2.75, 3.05) is 13.7 Å². The van der Waals surface area contributed by atoms with Crippen molar-refractivity contribution in [3.05, 3.63) is 23.7 Å². The zero-order valence-corrected chi connectivity index (χ0v) is 14.2. The van der Waals surface area contributed by atoms with Gasteiger partial charge in [0.15, 0.2) is 0 Å². The summed E-state index contributed by atoms with van der Waals surface area (Å²) in [6.07, 6.45) is 5.93. The van der Waals surface area contributed by atoms with E-state index in [1.165, 1.54) is 12.7 Å². The maximum absolute atomic E-state index is 12.4. The predicted molar refractivity (Wildman–Crippen MR) is 87.3 cm³/mol. The van der Waals surface area contributed by atoms with Gasteiger partial charge in [0.25, 0.3) is 5.91 Å². The number of nitrogens with one attached hydrogen (secondary N) is 1. The highest BCUT2D eigenvalue weighted by Gasteiger charge is 2.60. The first-order chi connectivity index (χ1) is 11.5. The summed E-state index contributed by atoms with van der Waals surface area (Å²) in [7, 11) is 1.83. The number of hydrogen-bond acceptors (Lipinski definition) is 4. The van der Waals surface area contributed by atoms with Crippen LogP contribution in [0.2, 0.25) is 0 Å².